The Labute approximate surface area is 120 Å². The first-order valence-corrected chi connectivity index (χ1v) is 6.65. The summed E-state index contributed by atoms with van der Waals surface area (Å²) in [6.07, 6.45) is 3.85. The van der Waals surface area contributed by atoms with Crippen LogP contribution in [0.3, 0.4) is 0 Å². The van der Waals surface area contributed by atoms with Crippen LogP contribution >= 0.6 is 0 Å². The van der Waals surface area contributed by atoms with Gasteiger partial charge >= 0.3 is 0 Å². The molecule has 0 saturated heterocycles. The topological polar surface area (TPSA) is 56.2 Å². The number of aryl methyl sites for hydroxylation is 1. The molecular formula is C16H12N4O. The maximum Gasteiger partial charge on any atom is 0.268 e. The third kappa shape index (κ3) is 1.99. The summed E-state index contributed by atoms with van der Waals surface area (Å²) in [5.74, 6) is 0.927. The van der Waals surface area contributed by atoms with Gasteiger partial charge in [-0.2, -0.15) is 0 Å². The highest BCUT2D eigenvalue weighted by atomic mass is 16.4. The largest absolute Gasteiger partial charge is 0.415 e. The van der Waals surface area contributed by atoms with Crippen LogP contribution in [-0.4, -0.2) is 19.6 Å². The van der Waals surface area contributed by atoms with Crippen LogP contribution in [0, 0.1) is 6.92 Å². The molecule has 3 heterocycles. The normalized spacial score (nSPS) is 11.1. The van der Waals surface area contributed by atoms with E-state index in [1.165, 1.54) is 0 Å². The molecule has 0 radical (unpaired) electrons. The summed E-state index contributed by atoms with van der Waals surface area (Å²) >= 11 is 0. The molecular weight excluding hydrogens is 264 g/mol. The van der Waals surface area contributed by atoms with Gasteiger partial charge in [0.1, 0.15) is 11.3 Å². The summed E-state index contributed by atoms with van der Waals surface area (Å²) in [6.45, 7) is 2.02. The molecule has 5 nitrogen and oxygen atoms in total. The van der Waals surface area contributed by atoms with Gasteiger partial charge < -0.3 is 8.82 Å². The highest BCUT2D eigenvalue weighted by Gasteiger charge is 2.13. The van der Waals surface area contributed by atoms with Gasteiger partial charge in [0.2, 0.25) is 5.89 Å². The number of hydrogen-bond donors (Lipinski definition) is 0. The fourth-order valence-corrected chi connectivity index (χ4v) is 2.28. The Balaban J connectivity index is 1.79. The highest BCUT2D eigenvalue weighted by Crippen LogP contribution is 2.23. The molecule has 0 aliphatic heterocycles. The average Bonchev–Trinajstić information content (AvgIpc) is 3.15. The molecule has 1 aromatic carbocycles. The van der Waals surface area contributed by atoms with Crippen LogP contribution in [0.2, 0.25) is 0 Å². The van der Waals surface area contributed by atoms with Crippen LogP contribution in [-0.2, 0) is 0 Å². The van der Waals surface area contributed by atoms with Gasteiger partial charge in [0, 0.05) is 18.0 Å². The predicted molar refractivity (Wildman–Crippen MR) is 78.7 cm³/mol. The van der Waals surface area contributed by atoms with Gasteiger partial charge in [-0.15, -0.1) is 10.2 Å². The number of pyridine rings is 1. The molecule has 0 aliphatic carbocycles. The van der Waals surface area contributed by atoms with Crippen molar-refractivity contribution >= 4 is 5.65 Å². The first-order valence-electron chi connectivity index (χ1n) is 6.65. The van der Waals surface area contributed by atoms with E-state index < -0.39 is 0 Å². The molecule has 0 fully saturated rings. The molecule has 0 aliphatic rings. The van der Waals surface area contributed by atoms with Crippen molar-refractivity contribution in [1.29, 1.82) is 0 Å². The van der Waals surface area contributed by atoms with Crippen molar-refractivity contribution in [2.24, 2.45) is 0 Å². The smallest absolute Gasteiger partial charge is 0.268 e. The molecule has 0 amide bonds. The van der Waals surface area contributed by atoms with Crippen LogP contribution in [0.5, 0.6) is 0 Å². The molecule has 0 N–H and O–H groups in total. The molecule has 5 heteroatoms. The van der Waals surface area contributed by atoms with E-state index in [0.717, 1.165) is 16.8 Å². The molecule has 102 valence electrons. The number of benzene rings is 1. The van der Waals surface area contributed by atoms with Crippen LogP contribution in [0.15, 0.2) is 59.3 Å². The fraction of sp³-hybridized carbons (Fsp3) is 0.0625. The van der Waals surface area contributed by atoms with E-state index in [1.807, 2.05) is 66.2 Å². The van der Waals surface area contributed by atoms with Crippen molar-refractivity contribution in [3.05, 3.63) is 60.4 Å². The first kappa shape index (κ1) is 11.8. The fourth-order valence-electron chi connectivity index (χ4n) is 2.28. The van der Waals surface area contributed by atoms with Crippen molar-refractivity contribution in [3.8, 4) is 23.0 Å². The molecule has 4 aromatic rings. The average molecular weight is 276 g/mol. The molecule has 0 unspecified atom stereocenters. The van der Waals surface area contributed by atoms with Crippen molar-refractivity contribution < 1.29 is 4.42 Å². The van der Waals surface area contributed by atoms with Gasteiger partial charge in [-0.3, -0.25) is 0 Å². The van der Waals surface area contributed by atoms with E-state index in [2.05, 4.69) is 15.2 Å². The summed E-state index contributed by atoms with van der Waals surface area (Å²) < 4.78 is 7.68. The summed E-state index contributed by atoms with van der Waals surface area (Å²) in [7, 11) is 0. The van der Waals surface area contributed by atoms with Crippen LogP contribution in [0.1, 0.15) is 5.56 Å². The Morgan fingerprint density at radius 1 is 0.952 bits per heavy atom. The minimum atomic E-state index is 0.428. The Morgan fingerprint density at radius 2 is 1.76 bits per heavy atom. The highest BCUT2D eigenvalue weighted by molar-refractivity contribution is 5.59. The third-order valence-electron chi connectivity index (χ3n) is 3.34. The second-order valence-electron chi connectivity index (χ2n) is 4.83. The maximum atomic E-state index is 5.73. The Kier molecular flexibility index (Phi) is 2.57. The van der Waals surface area contributed by atoms with E-state index in [-0.39, 0.29) is 0 Å². The van der Waals surface area contributed by atoms with Crippen LogP contribution in [0.4, 0.5) is 0 Å². The Morgan fingerprint density at radius 3 is 2.57 bits per heavy atom. The Bertz CT molecular complexity index is 908. The number of fused-ring (bicyclic) bond motifs is 1. The van der Waals surface area contributed by atoms with Crippen molar-refractivity contribution in [2.75, 3.05) is 0 Å². The van der Waals surface area contributed by atoms with E-state index >= 15 is 0 Å². The molecule has 21 heavy (non-hydrogen) atoms. The molecule has 0 spiro atoms. The lowest BCUT2D eigenvalue weighted by Crippen LogP contribution is -1.83. The van der Waals surface area contributed by atoms with Gasteiger partial charge in [-0.05, 0) is 30.7 Å². The lowest BCUT2D eigenvalue weighted by molar-refractivity contribution is 0.582. The number of imidazole rings is 1. The molecule has 3 aromatic heterocycles. The van der Waals surface area contributed by atoms with Gasteiger partial charge in [0.05, 0.1) is 0 Å². The number of nitrogens with zero attached hydrogens (tertiary/aromatic N) is 4. The number of hydrogen-bond acceptors (Lipinski definition) is 4. The molecule has 4 rings (SSSR count). The first-order chi connectivity index (χ1) is 10.3. The van der Waals surface area contributed by atoms with E-state index in [9.17, 15) is 0 Å². The summed E-state index contributed by atoms with van der Waals surface area (Å²) in [5.41, 5.74) is 3.58. The predicted octanol–water partition coefficient (Wildman–Crippen LogP) is 3.36. The molecule has 0 bridgehead atoms. The zero-order valence-corrected chi connectivity index (χ0v) is 11.4. The summed E-state index contributed by atoms with van der Waals surface area (Å²) in [4.78, 5) is 4.56. The number of rotatable bonds is 2. The minimum absolute atomic E-state index is 0.428. The third-order valence-corrected chi connectivity index (χ3v) is 3.34. The maximum absolute atomic E-state index is 5.73. The quantitative estimate of drug-likeness (QED) is 0.563. The molecule has 0 atom stereocenters. The Hall–Kier alpha value is -2.95. The standard InChI is InChI=1S/C16H12N4O/c1-11-6-5-9-20-10-13(17-14(11)20)16-19-18-15(21-16)12-7-3-2-4-8-12/h2-10H,1H3. The van der Waals surface area contributed by atoms with Crippen molar-refractivity contribution in [2.45, 2.75) is 6.92 Å². The zero-order valence-electron chi connectivity index (χ0n) is 11.4. The zero-order chi connectivity index (χ0) is 14.2. The van der Waals surface area contributed by atoms with Gasteiger partial charge in [-0.25, -0.2) is 4.98 Å². The van der Waals surface area contributed by atoms with Gasteiger partial charge in [0.15, 0.2) is 0 Å². The lowest BCUT2D eigenvalue weighted by Gasteiger charge is -1.93. The SMILES string of the molecule is Cc1cccn2cc(-c3nnc(-c4ccccc4)o3)nc12. The summed E-state index contributed by atoms with van der Waals surface area (Å²) in [6, 6.07) is 13.7. The van der Waals surface area contributed by atoms with Gasteiger partial charge in [-0.1, -0.05) is 24.3 Å². The van der Waals surface area contributed by atoms with E-state index in [0.29, 0.717) is 17.5 Å². The lowest BCUT2D eigenvalue weighted by atomic mass is 10.2. The van der Waals surface area contributed by atoms with Crippen LogP contribution < -0.4 is 0 Å². The monoisotopic (exact) mass is 276 g/mol. The van der Waals surface area contributed by atoms with E-state index in [4.69, 9.17) is 4.42 Å². The molecule has 0 saturated carbocycles. The van der Waals surface area contributed by atoms with Gasteiger partial charge in [0.25, 0.3) is 5.89 Å². The van der Waals surface area contributed by atoms with Crippen LogP contribution in [0.25, 0.3) is 28.7 Å². The second kappa shape index (κ2) is 4.56. The second-order valence-corrected chi connectivity index (χ2v) is 4.83. The minimum Gasteiger partial charge on any atom is -0.415 e. The number of aromatic nitrogens is 4. The van der Waals surface area contributed by atoms with E-state index in [1.54, 1.807) is 0 Å². The summed E-state index contributed by atoms with van der Waals surface area (Å²) in [5, 5.41) is 8.18. The van der Waals surface area contributed by atoms with Crippen molar-refractivity contribution in [3.63, 3.8) is 0 Å². The van der Waals surface area contributed by atoms with Crippen molar-refractivity contribution in [1.82, 2.24) is 19.6 Å².